The molecule has 0 spiro atoms. The number of nitrogens with one attached hydrogen (secondary N) is 2. The van der Waals surface area contributed by atoms with E-state index in [0.717, 1.165) is 11.1 Å². The molecule has 0 aliphatic carbocycles. The van der Waals surface area contributed by atoms with Gasteiger partial charge in [0.05, 0.1) is 0 Å². The van der Waals surface area contributed by atoms with Gasteiger partial charge < -0.3 is 10.6 Å². The zero-order chi connectivity index (χ0) is 15.4. The van der Waals surface area contributed by atoms with Gasteiger partial charge in [-0.05, 0) is 43.7 Å². The second-order valence-corrected chi connectivity index (χ2v) is 5.17. The maximum absolute atomic E-state index is 11.9. The fraction of sp³-hybridized carbons (Fsp3) is 0.125. The molecule has 0 unspecified atom stereocenters. The molecule has 0 saturated heterocycles. The largest absolute Gasteiger partial charge is 0.318 e. The van der Waals surface area contributed by atoms with E-state index in [1.165, 1.54) is 0 Å². The molecule has 0 aliphatic rings. The number of hydrogen-bond donors (Lipinski definition) is 2. The molecule has 0 radical (unpaired) electrons. The predicted molar refractivity (Wildman–Crippen MR) is 84.6 cm³/mol. The molecule has 0 heterocycles. The number of benzene rings is 2. The first kappa shape index (κ1) is 15.1. The van der Waals surface area contributed by atoms with Crippen molar-refractivity contribution in [3.63, 3.8) is 0 Å². The number of hydrogen-bond acceptors (Lipinski definition) is 2. The topological polar surface area (TPSA) is 58.2 Å². The van der Waals surface area contributed by atoms with Gasteiger partial charge in [0.1, 0.15) is 0 Å². The molecule has 0 aromatic heterocycles. The van der Waals surface area contributed by atoms with E-state index < -0.39 is 11.8 Å². The third-order valence-electron chi connectivity index (χ3n) is 2.96. The molecule has 2 N–H and O–H groups in total. The van der Waals surface area contributed by atoms with E-state index in [9.17, 15) is 9.59 Å². The lowest BCUT2D eigenvalue weighted by atomic mass is 10.2. The Morgan fingerprint density at radius 3 is 2.19 bits per heavy atom. The normalized spacial score (nSPS) is 10.0. The summed E-state index contributed by atoms with van der Waals surface area (Å²) in [5, 5.41) is 5.58. The predicted octanol–water partition coefficient (Wildman–Crippen LogP) is 3.53. The number of amides is 2. The fourth-order valence-electron chi connectivity index (χ4n) is 1.73. The Morgan fingerprint density at radius 1 is 0.905 bits per heavy atom. The van der Waals surface area contributed by atoms with Crippen LogP contribution in [0.25, 0.3) is 0 Å². The molecule has 0 bridgehead atoms. The lowest BCUT2D eigenvalue weighted by Gasteiger charge is -2.09. The van der Waals surface area contributed by atoms with Gasteiger partial charge in [-0.25, -0.2) is 0 Å². The van der Waals surface area contributed by atoms with Crippen molar-refractivity contribution >= 4 is 34.8 Å². The minimum atomic E-state index is -0.735. The highest BCUT2D eigenvalue weighted by Crippen LogP contribution is 2.20. The van der Waals surface area contributed by atoms with Gasteiger partial charge in [0.25, 0.3) is 0 Å². The molecule has 108 valence electrons. The Hall–Kier alpha value is -2.33. The smallest absolute Gasteiger partial charge is 0.314 e. The van der Waals surface area contributed by atoms with Gasteiger partial charge in [0, 0.05) is 16.4 Å². The van der Waals surface area contributed by atoms with Crippen molar-refractivity contribution in [2.45, 2.75) is 13.8 Å². The lowest BCUT2D eigenvalue weighted by Crippen LogP contribution is -2.29. The summed E-state index contributed by atoms with van der Waals surface area (Å²) in [6.07, 6.45) is 0. The van der Waals surface area contributed by atoms with Gasteiger partial charge in [-0.2, -0.15) is 0 Å². The molecular formula is C16H15ClN2O2. The molecule has 0 saturated carbocycles. The molecule has 2 aromatic rings. The third kappa shape index (κ3) is 4.07. The molecule has 2 aromatic carbocycles. The van der Waals surface area contributed by atoms with E-state index in [0.29, 0.717) is 16.4 Å². The first-order chi connectivity index (χ1) is 9.95. The third-order valence-corrected chi connectivity index (χ3v) is 3.20. The molecule has 2 rings (SSSR count). The summed E-state index contributed by atoms with van der Waals surface area (Å²) in [6, 6.07) is 12.3. The van der Waals surface area contributed by atoms with Crippen LogP contribution in [0.5, 0.6) is 0 Å². The minimum Gasteiger partial charge on any atom is -0.318 e. The lowest BCUT2D eigenvalue weighted by molar-refractivity contribution is -0.133. The first-order valence-electron chi connectivity index (χ1n) is 6.41. The maximum Gasteiger partial charge on any atom is 0.314 e. The van der Waals surface area contributed by atoms with Crippen LogP contribution in [0.15, 0.2) is 42.5 Å². The van der Waals surface area contributed by atoms with E-state index in [-0.39, 0.29) is 0 Å². The van der Waals surface area contributed by atoms with Crippen LogP contribution in [-0.4, -0.2) is 11.8 Å². The van der Waals surface area contributed by atoms with E-state index in [4.69, 9.17) is 11.6 Å². The second kappa shape index (κ2) is 6.41. The van der Waals surface area contributed by atoms with Crippen molar-refractivity contribution in [3.05, 3.63) is 58.6 Å². The summed E-state index contributed by atoms with van der Waals surface area (Å²) in [5.41, 5.74) is 3.00. The summed E-state index contributed by atoms with van der Waals surface area (Å²) in [5.74, 6) is -1.46. The second-order valence-electron chi connectivity index (χ2n) is 4.73. The van der Waals surface area contributed by atoms with Gasteiger partial charge in [0.2, 0.25) is 0 Å². The highest BCUT2D eigenvalue weighted by atomic mass is 35.5. The van der Waals surface area contributed by atoms with Crippen LogP contribution in [0.1, 0.15) is 11.1 Å². The molecular weight excluding hydrogens is 288 g/mol. The SMILES string of the molecule is Cc1ccc(NC(=O)C(=O)Nc2cc(Cl)ccc2C)cc1. The molecule has 0 aliphatic heterocycles. The van der Waals surface area contributed by atoms with Crippen LogP contribution in [0.3, 0.4) is 0 Å². The van der Waals surface area contributed by atoms with Crippen molar-refractivity contribution in [2.24, 2.45) is 0 Å². The van der Waals surface area contributed by atoms with E-state index in [2.05, 4.69) is 10.6 Å². The average molecular weight is 303 g/mol. The summed E-state index contributed by atoms with van der Waals surface area (Å²) in [4.78, 5) is 23.7. The molecule has 0 fully saturated rings. The number of halogens is 1. The van der Waals surface area contributed by atoms with Gasteiger partial charge in [0.15, 0.2) is 0 Å². The minimum absolute atomic E-state index is 0.495. The zero-order valence-electron chi connectivity index (χ0n) is 11.7. The Morgan fingerprint density at radius 2 is 1.52 bits per heavy atom. The quantitative estimate of drug-likeness (QED) is 0.834. The van der Waals surface area contributed by atoms with Crippen LogP contribution < -0.4 is 10.6 Å². The number of carbonyl (C=O) groups excluding carboxylic acids is 2. The van der Waals surface area contributed by atoms with Crippen LogP contribution in [0, 0.1) is 13.8 Å². The van der Waals surface area contributed by atoms with Gasteiger partial charge in [-0.15, -0.1) is 0 Å². The average Bonchev–Trinajstić information content (AvgIpc) is 2.45. The number of rotatable bonds is 2. The van der Waals surface area contributed by atoms with Crippen LogP contribution >= 0.6 is 11.6 Å². The Labute approximate surface area is 128 Å². The fourth-order valence-corrected chi connectivity index (χ4v) is 1.90. The van der Waals surface area contributed by atoms with E-state index >= 15 is 0 Å². The number of carbonyl (C=O) groups is 2. The monoisotopic (exact) mass is 302 g/mol. The van der Waals surface area contributed by atoms with Crippen molar-refractivity contribution in [2.75, 3.05) is 10.6 Å². The van der Waals surface area contributed by atoms with Crippen molar-refractivity contribution in [3.8, 4) is 0 Å². The molecule has 2 amide bonds. The summed E-state index contributed by atoms with van der Waals surface area (Å²) >= 11 is 5.87. The molecule has 4 nitrogen and oxygen atoms in total. The number of anilines is 2. The Balaban J connectivity index is 2.04. The van der Waals surface area contributed by atoms with Gasteiger partial charge in [-0.1, -0.05) is 35.4 Å². The van der Waals surface area contributed by atoms with Gasteiger partial charge in [-0.3, -0.25) is 9.59 Å². The number of aryl methyl sites for hydroxylation is 2. The highest BCUT2D eigenvalue weighted by molar-refractivity contribution is 6.43. The van der Waals surface area contributed by atoms with Crippen molar-refractivity contribution in [1.29, 1.82) is 0 Å². The highest BCUT2D eigenvalue weighted by Gasteiger charge is 2.15. The summed E-state index contributed by atoms with van der Waals surface area (Å²) < 4.78 is 0. The van der Waals surface area contributed by atoms with E-state index in [1.54, 1.807) is 30.3 Å². The summed E-state index contributed by atoms with van der Waals surface area (Å²) in [7, 11) is 0. The van der Waals surface area contributed by atoms with Crippen LogP contribution in [0.4, 0.5) is 11.4 Å². The Bertz CT molecular complexity index is 681. The van der Waals surface area contributed by atoms with Gasteiger partial charge >= 0.3 is 11.8 Å². The van der Waals surface area contributed by atoms with Crippen molar-refractivity contribution in [1.82, 2.24) is 0 Å². The van der Waals surface area contributed by atoms with Crippen molar-refractivity contribution < 1.29 is 9.59 Å². The molecule has 21 heavy (non-hydrogen) atoms. The van der Waals surface area contributed by atoms with E-state index in [1.807, 2.05) is 26.0 Å². The molecule has 0 atom stereocenters. The van der Waals surface area contributed by atoms with Crippen LogP contribution in [0.2, 0.25) is 5.02 Å². The van der Waals surface area contributed by atoms with Crippen LogP contribution in [-0.2, 0) is 9.59 Å². The Kier molecular flexibility index (Phi) is 4.60. The first-order valence-corrected chi connectivity index (χ1v) is 6.78. The summed E-state index contributed by atoms with van der Waals surface area (Å²) in [6.45, 7) is 3.77. The standard InChI is InChI=1S/C16H15ClN2O2/c1-10-3-7-13(8-4-10)18-15(20)16(21)19-14-9-12(17)6-5-11(14)2/h3-9H,1-2H3,(H,18,20)(H,19,21). The molecule has 5 heteroatoms. The zero-order valence-corrected chi connectivity index (χ0v) is 12.5. The maximum atomic E-state index is 11.9.